The Morgan fingerprint density at radius 3 is 2.69 bits per heavy atom. The van der Waals surface area contributed by atoms with E-state index in [0.717, 1.165) is 30.2 Å². The summed E-state index contributed by atoms with van der Waals surface area (Å²) < 4.78 is 1.44. The van der Waals surface area contributed by atoms with Crippen molar-refractivity contribution in [2.75, 3.05) is 26.2 Å². The number of carbonyl (C=O) groups excluding carboxylic acids is 1. The first-order valence-electron chi connectivity index (χ1n) is 8.43. The molecule has 0 atom stereocenters. The van der Waals surface area contributed by atoms with E-state index in [-0.39, 0.29) is 18.0 Å². The minimum Gasteiger partial charge on any atom is -0.340 e. The van der Waals surface area contributed by atoms with Crippen molar-refractivity contribution in [1.82, 2.24) is 19.6 Å². The van der Waals surface area contributed by atoms with Gasteiger partial charge in [0.2, 0.25) is 5.91 Å². The van der Waals surface area contributed by atoms with Crippen LogP contribution in [0.2, 0.25) is 5.02 Å². The summed E-state index contributed by atoms with van der Waals surface area (Å²) in [5, 5.41) is 15.3. The van der Waals surface area contributed by atoms with Crippen molar-refractivity contribution in [1.29, 1.82) is 0 Å². The fourth-order valence-electron chi connectivity index (χ4n) is 2.99. The van der Waals surface area contributed by atoms with Gasteiger partial charge in [-0.3, -0.25) is 24.5 Å². The molecule has 2 aromatic rings. The molecule has 1 amide bonds. The van der Waals surface area contributed by atoms with E-state index in [1.165, 1.54) is 17.1 Å². The Bertz CT molecular complexity index is 786. The molecule has 0 unspecified atom stereocenters. The quantitative estimate of drug-likeness (QED) is 0.569. The van der Waals surface area contributed by atoms with Gasteiger partial charge in [0, 0.05) is 50.7 Å². The zero-order valence-electron chi connectivity index (χ0n) is 14.3. The maximum absolute atomic E-state index is 12.3. The normalized spacial score (nSPS) is 15.2. The summed E-state index contributed by atoms with van der Waals surface area (Å²) in [6, 6.07) is 7.81. The van der Waals surface area contributed by atoms with E-state index in [9.17, 15) is 14.9 Å². The van der Waals surface area contributed by atoms with E-state index >= 15 is 0 Å². The van der Waals surface area contributed by atoms with Gasteiger partial charge < -0.3 is 4.90 Å². The second kappa shape index (κ2) is 8.29. The first kappa shape index (κ1) is 18.3. The third kappa shape index (κ3) is 4.80. The number of piperazine rings is 1. The zero-order valence-corrected chi connectivity index (χ0v) is 15.0. The van der Waals surface area contributed by atoms with Gasteiger partial charge in [-0.25, -0.2) is 0 Å². The number of nitro groups is 1. The maximum atomic E-state index is 12.3. The van der Waals surface area contributed by atoms with E-state index < -0.39 is 4.92 Å². The lowest BCUT2D eigenvalue weighted by Crippen LogP contribution is -2.48. The number of aromatic nitrogens is 2. The standard InChI is InChI=1S/C17H20ClN5O3/c18-15-3-1-2-14(10-15)12-20-6-8-21(9-7-20)17(24)4-5-22-13-16(11-19-22)23(25)26/h1-3,10-11,13H,4-9,12H2. The third-order valence-corrected chi connectivity index (χ3v) is 4.64. The Labute approximate surface area is 156 Å². The number of benzene rings is 1. The smallest absolute Gasteiger partial charge is 0.306 e. The SMILES string of the molecule is O=C(CCn1cc([N+](=O)[O-])cn1)N1CCN(Cc2cccc(Cl)c2)CC1. The Morgan fingerprint density at radius 1 is 1.27 bits per heavy atom. The summed E-state index contributed by atoms with van der Waals surface area (Å²) in [4.78, 5) is 26.6. The second-order valence-corrected chi connectivity index (χ2v) is 6.69. The van der Waals surface area contributed by atoms with Gasteiger partial charge in [0.1, 0.15) is 12.4 Å². The van der Waals surface area contributed by atoms with Crippen LogP contribution in [-0.2, 0) is 17.9 Å². The van der Waals surface area contributed by atoms with Gasteiger partial charge in [-0.05, 0) is 17.7 Å². The molecule has 26 heavy (non-hydrogen) atoms. The summed E-state index contributed by atoms with van der Waals surface area (Å²) in [5.41, 5.74) is 1.10. The first-order valence-corrected chi connectivity index (χ1v) is 8.80. The summed E-state index contributed by atoms with van der Waals surface area (Å²) in [5.74, 6) is 0.0468. The molecule has 0 bridgehead atoms. The third-order valence-electron chi connectivity index (χ3n) is 4.41. The molecule has 0 saturated carbocycles. The summed E-state index contributed by atoms with van der Waals surface area (Å²) in [6.07, 6.45) is 2.82. The van der Waals surface area contributed by atoms with Gasteiger partial charge in [-0.2, -0.15) is 5.10 Å². The van der Waals surface area contributed by atoms with E-state index in [1.807, 2.05) is 29.2 Å². The fraction of sp³-hybridized carbons (Fsp3) is 0.412. The lowest BCUT2D eigenvalue weighted by molar-refractivity contribution is -0.385. The molecule has 138 valence electrons. The number of halogens is 1. The van der Waals surface area contributed by atoms with Crippen LogP contribution in [0.5, 0.6) is 0 Å². The number of hydrogen-bond donors (Lipinski definition) is 0. The van der Waals surface area contributed by atoms with Crippen molar-refractivity contribution >= 4 is 23.2 Å². The predicted octanol–water partition coefficient (Wildman–Crippen LogP) is 2.18. The van der Waals surface area contributed by atoms with Crippen molar-refractivity contribution < 1.29 is 9.72 Å². The Morgan fingerprint density at radius 2 is 2.04 bits per heavy atom. The molecule has 0 radical (unpaired) electrons. The van der Waals surface area contributed by atoms with Crippen molar-refractivity contribution in [3.63, 3.8) is 0 Å². The van der Waals surface area contributed by atoms with Crippen LogP contribution < -0.4 is 0 Å². The molecule has 1 aliphatic rings. The number of aryl methyl sites for hydroxylation is 1. The molecule has 8 nitrogen and oxygen atoms in total. The molecule has 1 aromatic heterocycles. The zero-order chi connectivity index (χ0) is 18.5. The van der Waals surface area contributed by atoms with E-state index in [2.05, 4.69) is 10.00 Å². The fourth-order valence-corrected chi connectivity index (χ4v) is 3.20. The van der Waals surface area contributed by atoms with E-state index in [0.29, 0.717) is 19.6 Å². The van der Waals surface area contributed by atoms with E-state index in [4.69, 9.17) is 11.6 Å². The van der Waals surface area contributed by atoms with Crippen LogP contribution in [0.15, 0.2) is 36.7 Å². The molecule has 1 saturated heterocycles. The van der Waals surface area contributed by atoms with Crippen LogP contribution in [0.3, 0.4) is 0 Å². The van der Waals surface area contributed by atoms with Crippen LogP contribution >= 0.6 is 11.6 Å². The Hall–Kier alpha value is -2.45. The lowest BCUT2D eigenvalue weighted by Gasteiger charge is -2.34. The van der Waals surface area contributed by atoms with Gasteiger partial charge >= 0.3 is 5.69 Å². The van der Waals surface area contributed by atoms with Crippen molar-refractivity contribution in [2.45, 2.75) is 19.5 Å². The summed E-state index contributed by atoms with van der Waals surface area (Å²) >= 11 is 6.02. The molecule has 2 heterocycles. The number of hydrogen-bond acceptors (Lipinski definition) is 5. The topological polar surface area (TPSA) is 84.5 Å². The highest BCUT2D eigenvalue weighted by molar-refractivity contribution is 6.30. The van der Waals surface area contributed by atoms with Gasteiger partial charge in [-0.15, -0.1) is 0 Å². The molecule has 0 spiro atoms. The minimum atomic E-state index is -0.496. The van der Waals surface area contributed by atoms with Crippen LogP contribution in [0.4, 0.5) is 5.69 Å². The highest BCUT2D eigenvalue weighted by Crippen LogP contribution is 2.14. The second-order valence-electron chi connectivity index (χ2n) is 6.26. The van der Waals surface area contributed by atoms with Crippen LogP contribution in [-0.4, -0.2) is 56.6 Å². The monoisotopic (exact) mass is 377 g/mol. The predicted molar refractivity (Wildman–Crippen MR) is 96.8 cm³/mol. The Balaban J connectivity index is 1.43. The van der Waals surface area contributed by atoms with Gasteiger partial charge in [-0.1, -0.05) is 23.7 Å². The largest absolute Gasteiger partial charge is 0.340 e. The highest BCUT2D eigenvalue weighted by Gasteiger charge is 2.21. The molecule has 1 aromatic carbocycles. The van der Waals surface area contributed by atoms with Crippen LogP contribution in [0.25, 0.3) is 0 Å². The summed E-state index contributed by atoms with van der Waals surface area (Å²) in [7, 11) is 0. The lowest BCUT2D eigenvalue weighted by atomic mass is 10.2. The first-order chi connectivity index (χ1) is 12.5. The number of carbonyl (C=O) groups is 1. The maximum Gasteiger partial charge on any atom is 0.306 e. The molecule has 0 N–H and O–H groups in total. The van der Waals surface area contributed by atoms with Gasteiger partial charge in [0.25, 0.3) is 0 Å². The van der Waals surface area contributed by atoms with Crippen molar-refractivity contribution in [2.24, 2.45) is 0 Å². The number of rotatable bonds is 6. The van der Waals surface area contributed by atoms with Gasteiger partial charge in [0.05, 0.1) is 4.92 Å². The number of amides is 1. The van der Waals surface area contributed by atoms with Crippen LogP contribution in [0, 0.1) is 10.1 Å². The highest BCUT2D eigenvalue weighted by atomic mass is 35.5. The minimum absolute atomic E-state index is 0.0468. The Kier molecular flexibility index (Phi) is 5.85. The van der Waals surface area contributed by atoms with Crippen LogP contribution in [0.1, 0.15) is 12.0 Å². The molecular weight excluding hydrogens is 358 g/mol. The number of nitrogens with zero attached hydrogens (tertiary/aromatic N) is 5. The molecule has 1 aliphatic heterocycles. The van der Waals surface area contributed by atoms with E-state index in [1.54, 1.807) is 0 Å². The molecule has 3 rings (SSSR count). The average Bonchev–Trinajstić information content (AvgIpc) is 3.10. The molecule has 9 heteroatoms. The molecular formula is C17H20ClN5O3. The van der Waals surface area contributed by atoms with Crippen molar-refractivity contribution in [3.8, 4) is 0 Å². The van der Waals surface area contributed by atoms with Crippen molar-refractivity contribution in [3.05, 3.63) is 57.4 Å². The molecule has 0 aliphatic carbocycles. The van der Waals surface area contributed by atoms with Gasteiger partial charge in [0.15, 0.2) is 0 Å². The summed E-state index contributed by atoms with van der Waals surface area (Å²) in [6.45, 7) is 4.14. The average molecular weight is 378 g/mol. The molecule has 1 fully saturated rings.